The van der Waals surface area contributed by atoms with Gasteiger partial charge in [0, 0.05) is 18.9 Å². The highest BCUT2D eigenvalue weighted by molar-refractivity contribution is 5.45. The lowest BCUT2D eigenvalue weighted by atomic mass is 10.1. The van der Waals surface area contributed by atoms with Gasteiger partial charge in [-0.25, -0.2) is 0 Å². The summed E-state index contributed by atoms with van der Waals surface area (Å²) >= 11 is 0. The van der Waals surface area contributed by atoms with Gasteiger partial charge in [0.1, 0.15) is 0 Å². The SMILES string of the molecule is OC(CNCCc1cccnc1)c1ccc2c(c1)OCO2. The number of nitrogens with zero attached hydrogens (tertiary/aromatic N) is 1. The predicted molar refractivity (Wildman–Crippen MR) is 78.3 cm³/mol. The van der Waals surface area contributed by atoms with E-state index in [0.717, 1.165) is 24.3 Å². The lowest BCUT2D eigenvalue weighted by molar-refractivity contribution is 0.170. The van der Waals surface area contributed by atoms with Crippen LogP contribution in [0.3, 0.4) is 0 Å². The molecular weight excluding hydrogens is 268 g/mol. The largest absolute Gasteiger partial charge is 0.454 e. The molecule has 0 saturated heterocycles. The lowest BCUT2D eigenvalue weighted by Gasteiger charge is -2.12. The first-order valence-corrected chi connectivity index (χ1v) is 7.00. The van der Waals surface area contributed by atoms with Crippen LogP contribution >= 0.6 is 0 Å². The molecule has 5 heteroatoms. The molecule has 5 nitrogen and oxygen atoms in total. The molecule has 110 valence electrons. The highest BCUT2D eigenvalue weighted by Crippen LogP contribution is 2.33. The van der Waals surface area contributed by atoms with Crippen molar-refractivity contribution in [3.05, 3.63) is 53.9 Å². The van der Waals surface area contributed by atoms with Gasteiger partial charge in [0.2, 0.25) is 6.79 Å². The Morgan fingerprint density at radius 3 is 3.00 bits per heavy atom. The van der Waals surface area contributed by atoms with Gasteiger partial charge in [0.15, 0.2) is 11.5 Å². The zero-order valence-electron chi connectivity index (χ0n) is 11.7. The Morgan fingerprint density at radius 1 is 1.24 bits per heavy atom. The first-order valence-electron chi connectivity index (χ1n) is 7.00. The van der Waals surface area contributed by atoms with Crippen molar-refractivity contribution in [2.75, 3.05) is 19.9 Å². The fourth-order valence-electron chi connectivity index (χ4n) is 2.26. The van der Waals surface area contributed by atoms with Crippen molar-refractivity contribution in [2.45, 2.75) is 12.5 Å². The molecule has 0 saturated carbocycles. The molecule has 0 fully saturated rings. The number of pyridine rings is 1. The Kier molecular flexibility index (Phi) is 4.33. The number of hydrogen-bond acceptors (Lipinski definition) is 5. The molecule has 1 aliphatic heterocycles. The zero-order valence-corrected chi connectivity index (χ0v) is 11.7. The van der Waals surface area contributed by atoms with Crippen molar-refractivity contribution in [2.24, 2.45) is 0 Å². The molecule has 0 radical (unpaired) electrons. The molecule has 2 N–H and O–H groups in total. The molecule has 0 aliphatic carbocycles. The molecule has 0 bridgehead atoms. The van der Waals surface area contributed by atoms with Crippen LogP contribution in [0.25, 0.3) is 0 Å². The van der Waals surface area contributed by atoms with Crippen LogP contribution in [0.5, 0.6) is 11.5 Å². The normalized spacial score (nSPS) is 14.1. The van der Waals surface area contributed by atoms with Gasteiger partial charge in [-0.2, -0.15) is 0 Å². The van der Waals surface area contributed by atoms with Gasteiger partial charge in [-0.05, 0) is 42.3 Å². The van der Waals surface area contributed by atoms with E-state index in [1.54, 1.807) is 6.20 Å². The fourth-order valence-corrected chi connectivity index (χ4v) is 2.26. The van der Waals surface area contributed by atoms with Crippen molar-refractivity contribution in [1.82, 2.24) is 10.3 Å². The average molecular weight is 286 g/mol. The van der Waals surface area contributed by atoms with Crippen molar-refractivity contribution in [3.8, 4) is 11.5 Å². The molecule has 0 amide bonds. The minimum atomic E-state index is -0.562. The van der Waals surface area contributed by atoms with Crippen LogP contribution in [-0.4, -0.2) is 30.0 Å². The van der Waals surface area contributed by atoms with E-state index in [2.05, 4.69) is 10.3 Å². The first-order chi connectivity index (χ1) is 10.3. The second-order valence-corrected chi connectivity index (χ2v) is 4.94. The van der Waals surface area contributed by atoms with Crippen molar-refractivity contribution in [1.29, 1.82) is 0 Å². The Bertz CT molecular complexity index is 589. The van der Waals surface area contributed by atoms with Gasteiger partial charge in [0.25, 0.3) is 0 Å². The van der Waals surface area contributed by atoms with Crippen LogP contribution in [-0.2, 0) is 6.42 Å². The molecule has 1 aromatic carbocycles. The second-order valence-electron chi connectivity index (χ2n) is 4.94. The van der Waals surface area contributed by atoms with E-state index in [9.17, 15) is 5.11 Å². The maximum Gasteiger partial charge on any atom is 0.231 e. The number of ether oxygens (including phenoxy) is 2. The molecule has 21 heavy (non-hydrogen) atoms. The maximum absolute atomic E-state index is 10.2. The molecule has 3 rings (SSSR count). The van der Waals surface area contributed by atoms with Crippen LogP contribution in [0, 0.1) is 0 Å². The average Bonchev–Trinajstić information content (AvgIpc) is 3.00. The molecule has 2 aromatic rings. The summed E-state index contributed by atoms with van der Waals surface area (Å²) in [6.07, 6.45) is 3.95. The van der Waals surface area contributed by atoms with Gasteiger partial charge < -0.3 is 19.9 Å². The number of aromatic nitrogens is 1. The molecule has 1 atom stereocenters. The molecule has 0 spiro atoms. The quantitative estimate of drug-likeness (QED) is 0.791. The van der Waals surface area contributed by atoms with Crippen molar-refractivity contribution >= 4 is 0 Å². The topological polar surface area (TPSA) is 63.6 Å². The number of rotatable bonds is 6. The number of hydrogen-bond donors (Lipinski definition) is 2. The first kappa shape index (κ1) is 13.9. The maximum atomic E-state index is 10.2. The van der Waals surface area contributed by atoms with Crippen LogP contribution in [0.2, 0.25) is 0 Å². The van der Waals surface area contributed by atoms with Gasteiger partial charge >= 0.3 is 0 Å². The van der Waals surface area contributed by atoms with Gasteiger partial charge in [-0.1, -0.05) is 12.1 Å². The van der Waals surface area contributed by atoms with Crippen molar-refractivity contribution < 1.29 is 14.6 Å². The monoisotopic (exact) mass is 286 g/mol. The summed E-state index contributed by atoms with van der Waals surface area (Å²) in [7, 11) is 0. The number of fused-ring (bicyclic) bond motifs is 1. The fraction of sp³-hybridized carbons (Fsp3) is 0.312. The third kappa shape index (κ3) is 3.51. The van der Waals surface area contributed by atoms with Gasteiger partial charge in [0.05, 0.1) is 6.10 Å². The van der Waals surface area contributed by atoms with E-state index in [0.29, 0.717) is 12.3 Å². The number of nitrogens with one attached hydrogen (secondary N) is 1. The minimum absolute atomic E-state index is 0.248. The summed E-state index contributed by atoms with van der Waals surface area (Å²) in [6, 6.07) is 9.49. The van der Waals surface area contributed by atoms with E-state index in [4.69, 9.17) is 9.47 Å². The zero-order chi connectivity index (χ0) is 14.5. The van der Waals surface area contributed by atoms with E-state index >= 15 is 0 Å². The van der Waals surface area contributed by atoms with E-state index in [-0.39, 0.29) is 6.79 Å². The molecular formula is C16H18N2O3. The highest BCUT2D eigenvalue weighted by atomic mass is 16.7. The second kappa shape index (κ2) is 6.56. The van der Waals surface area contributed by atoms with Crippen LogP contribution in [0.15, 0.2) is 42.7 Å². The van der Waals surface area contributed by atoms with Crippen LogP contribution in [0.4, 0.5) is 0 Å². The standard InChI is InChI=1S/C16H18N2O3/c19-14(10-18-7-5-12-2-1-6-17-9-12)13-3-4-15-16(8-13)21-11-20-15/h1-4,6,8-9,14,18-19H,5,7,10-11H2. The summed E-state index contributed by atoms with van der Waals surface area (Å²) in [5.74, 6) is 1.43. The predicted octanol–water partition coefficient (Wildman–Crippen LogP) is 1.68. The lowest BCUT2D eigenvalue weighted by Crippen LogP contribution is -2.23. The summed E-state index contributed by atoms with van der Waals surface area (Å²) in [4.78, 5) is 4.08. The molecule has 1 aromatic heterocycles. The highest BCUT2D eigenvalue weighted by Gasteiger charge is 2.16. The Balaban J connectivity index is 1.47. The number of aliphatic hydroxyl groups is 1. The van der Waals surface area contributed by atoms with E-state index < -0.39 is 6.10 Å². The van der Waals surface area contributed by atoms with E-state index in [1.807, 2.05) is 36.5 Å². The Hall–Kier alpha value is -2.11. The van der Waals surface area contributed by atoms with Gasteiger partial charge in [-0.15, -0.1) is 0 Å². The number of aliphatic hydroxyl groups excluding tert-OH is 1. The van der Waals surface area contributed by atoms with Crippen LogP contribution < -0.4 is 14.8 Å². The number of benzene rings is 1. The smallest absolute Gasteiger partial charge is 0.231 e. The van der Waals surface area contributed by atoms with Crippen LogP contribution in [0.1, 0.15) is 17.2 Å². The van der Waals surface area contributed by atoms with Crippen molar-refractivity contribution in [3.63, 3.8) is 0 Å². The van der Waals surface area contributed by atoms with E-state index in [1.165, 1.54) is 5.56 Å². The molecule has 1 unspecified atom stereocenters. The third-order valence-corrected chi connectivity index (χ3v) is 3.43. The Morgan fingerprint density at radius 2 is 2.14 bits per heavy atom. The minimum Gasteiger partial charge on any atom is -0.454 e. The van der Waals surface area contributed by atoms with Gasteiger partial charge in [-0.3, -0.25) is 4.98 Å². The summed E-state index contributed by atoms with van der Waals surface area (Å²) in [5.41, 5.74) is 2.01. The third-order valence-electron chi connectivity index (χ3n) is 3.43. The molecule has 1 aliphatic rings. The summed E-state index contributed by atoms with van der Waals surface area (Å²) < 4.78 is 10.6. The summed E-state index contributed by atoms with van der Waals surface area (Å²) in [5, 5.41) is 13.4. The Labute approximate surface area is 123 Å². The molecule has 2 heterocycles. The summed E-state index contributed by atoms with van der Waals surface area (Å²) in [6.45, 7) is 1.55.